The fourth-order valence-electron chi connectivity index (χ4n) is 2.09. The highest BCUT2D eigenvalue weighted by molar-refractivity contribution is 6.03. The van der Waals surface area contributed by atoms with Crippen molar-refractivity contribution in [1.29, 1.82) is 0 Å². The van der Waals surface area contributed by atoms with E-state index in [4.69, 9.17) is 0 Å². The minimum atomic E-state index is -1.28. The summed E-state index contributed by atoms with van der Waals surface area (Å²) in [7, 11) is 0. The molecule has 4 nitrogen and oxygen atoms in total. The van der Waals surface area contributed by atoms with Gasteiger partial charge >= 0.3 is 5.97 Å². The van der Waals surface area contributed by atoms with Gasteiger partial charge in [-0.25, -0.2) is 18.6 Å². The average molecular weight is 286 g/mol. The van der Waals surface area contributed by atoms with E-state index in [1.54, 1.807) is 18.3 Å². The first kappa shape index (κ1) is 13.1. The third-order valence-corrected chi connectivity index (χ3v) is 3.02. The number of carboxylic acid groups (broad SMARTS) is 1. The first-order valence-corrected chi connectivity index (χ1v) is 6.00. The topological polar surface area (TPSA) is 63.1 Å². The normalized spacial score (nSPS) is 10.8. The fourth-order valence-corrected chi connectivity index (χ4v) is 2.09. The van der Waals surface area contributed by atoms with Crippen LogP contribution in [-0.4, -0.2) is 21.0 Å². The zero-order chi connectivity index (χ0) is 15.0. The Kier molecular flexibility index (Phi) is 3.06. The molecular formula is C15H8F2N2O2. The van der Waals surface area contributed by atoms with Gasteiger partial charge < -0.3 is 5.11 Å². The Hall–Kier alpha value is -2.89. The summed E-state index contributed by atoms with van der Waals surface area (Å²) >= 11 is 0. The highest BCUT2D eigenvalue weighted by atomic mass is 19.1. The molecule has 0 amide bonds. The number of aromatic nitrogens is 2. The quantitative estimate of drug-likeness (QED) is 0.785. The SMILES string of the molecule is O=C(O)c1cc(-c2cccnc2)nc2c(F)cc(F)cc12. The highest BCUT2D eigenvalue weighted by Crippen LogP contribution is 2.27. The van der Waals surface area contributed by atoms with Gasteiger partial charge in [0.25, 0.3) is 0 Å². The molecule has 1 N–H and O–H groups in total. The fraction of sp³-hybridized carbons (Fsp3) is 0. The van der Waals surface area contributed by atoms with Gasteiger partial charge in [0.05, 0.1) is 11.3 Å². The van der Waals surface area contributed by atoms with Crippen LogP contribution < -0.4 is 0 Å². The Morgan fingerprint density at radius 1 is 1.19 bits per heavy atom. The number of hydrogen-bond acceptors (Lipinski definition) is 3. The number of carbonyl (C=O) groups is 1. The van der Waals surface area contributed by atoms with Gasteiger partial charge in [-0.1, -0.05) is 0 Å². The van der Waals surface area contributed by atoms with E-state index < -0.39 is 17.6 Å². The van der Waals surface area contributed by atoms with Crippen LogP contribution >= 0.6 is 0 Å². The van der Waals surface area contributed by atoms with E-state index in [-0.39, 0.29) is 22.2 Å². The van der Waals surface area contributed by atoms with E-state index in [1.165, 1.54) is 12.3 Å². The number of rotatable bonds is 2. The van der Waals surface area contributed by atoms with Crippen LogP contribution in [0.2, 0.25) is 0 Å². The molecule has 0 bridgehead atoms. The summed E-state index contributed by atoms with van der Waals surface area (Å²) in [6.07, 6.45) is 3.04. The molecule has 3 rings (SSSR count). The van der Waals surface area contributed by atoms with E-state index in [9.17, 15) is 18.7 Å². The Morgan fingerprint density at radius 2 is 2.00 bits per heavy atom. The van der Waals surface area contributed by atoms with Crippen molar-refractivity contribution in [1.82, 2.24) is 9.97 Å². The van der Waals surface area contributed by atoms with Crippen LogP contribution in [0, 0.1) is 11.6 Å². The number of benzene rings is 1. The van der Waals surface area contributed by atoms with Gasteiger partial charge in [0.1, 0.15) is 11.3 Å². The number of aromatic carboxylic acids is 1. The lowest BCUT2D eigenvalue weighted by Crippen LogP contribution is -2.02. The lowest BCUT2D eigenvalue weighted by atomic mass is 10.0. The van der Waals surface area contributed by atoms with Gasteiger partial charge in [-0.2, -0.15) is 0 Å². The molecule has 0 saturated carbocycles. The summed E-state index contributed by atoms with van der Waals surface area (Å²) in [5.41, 5.74) is 0.413. The predicted molar refractivity (Wildman–Crippen MR) is 71.8 cm³/mol. The molecule has 2 heterocycles. The molecule has 1 aromatic carbocycles. The van der Waals surface area contributed by atoms with Crippen molar-refractivity contribution in [3.8, 4) is 11.3 Å². The standard InChI is InChI=1S/C15H8F2N2O2/c16-9-4-10-11(15(20)21)6-13(8-2-1-3-18-7-8)19-14(10)12(17)5-9/h1-7H,(H,20,21). The van der Waals surface area contributed by atoms with Gasteiger partial charge in [-0.3, -0.25) is 4.98 Å². The summed E-state index contributed by atoms with van der Waals surface area (Å²) < 4.78 is 27.2. The summed E-state index contributed by atoms with van der Waals surface area (Å²) in [4.78, 5) is 19.3. The van der Waals surface area contributed by atoms with Crippen molar-refractivity contribution in [2.24, 2.45) is 0 Å². The van der Waals surface area contributed by atoms with Gasteiger partial charge in [-0.05, 0) is 24.3 Å². The van der Waals surface area contributed by atoms with Crippen molar-refractivity contribution in [2.75, 3.05) is 0 Å². The van der Waals surface area contributed by atoms with Crippen LogP contribution in [0.3, 0.4) is 0 Å². The summed E-state index contributed by atoms with van der Waals surface area (Å²) in [5.74, 6) is -3.03. The van der Waals surface area contributed by atoms with Crippen molar-refractivity contribution < 1.29 is 18.7 Å². The van der Waals surface area contributed by atoms with Gasteiger partial charge in [-0.15, -0.1) is 0 Å². The zero-order valence-corrected chi connectivity index (χ0v) is 10.5. The lowest BCUT2D eigenvalue weighted by Gasteiger charge is -2.07. The molecule has 0 fully saturated rings. The Morgan fingerprint density at radius 3 is 2.67 bits per heavy atom. The second-order valence-electron chi connectivity index (χ2n) is 4.39. The summed E-state index contributed by atoms with van der Waals surface area (Å²) in [6, 6.07) is 6.24. The van der Waals surface area contributed by atoms with Crippen LogP contribution in [0.15, 0.2) is 42.7 Å². The van der Waals surface area contributed by atoms with Crippen molar-refractivity contribution in [3.63, 3.8) is 0 Å². The minimum Gasteiger partial charge on any atom is -0.478 e. The highest BCUT2D eigenvalue weighted by Gasteiger charge is 2.16. The molecule has 104 valence electrons. The van der Waals surface area contributed by atoms with Crippen LogP contribution in [0.25, 0.3) is 22.2 Å². The molecule has 0 saturated heterocycles. The second-order valence-corrected chi connectivity index (χ2v) is 4.39. The molecule has 0 atom stereocenters. The van der Waals surface area contributed by atoms with E-state index in [0.29, 0.717) is 11.6 Å². The first-order valence-electron chi connectivity index (χ1n) is 6.00. The molecule has 2 aromatic heterocycles. The third-order valence-electron chi connectivity index (χ3n) is 3.02. The molecule has 0 unspecified atom stereocenters. The average Bonchev–Trinajstić information content (AvgIpc) is 2.47. The molecule has 3 aromatic rings. The second kappa shape index (κ2) is 4.90. The molecule has 21 heavy (non-hydrogen) atoms. The largest absolute Gasteiger partial charge is 0.478 e. The molecule has 6 heteroatoms. The van der Waals surface area contributed by atoms with Crippen molar-refractivity contribution >= 4 is 16.9 Å². The summed E-state index contributed by atoms with van der Waals surface area (Å²) in [5, 5.41) is 9.17. The van der Waals surface area contributed by atoms with Crippen LogP contribution in [0.4, 0.5) is 8.78 Å². The van der Waals surface area contributed by atoms with Crippen LogP contribution in [-0.2, 0) is 0 Å². The maximum Gasteiger partial charge on any atom is 0.336 e. The number of hydrogen-bond donors (Lipinski definition) is 1. The molecule has 0 aliphatic rings. The number of pyridine rings is 2. The molecular weight excluding hydrogens is 278 g/mol. The van der Waals surface area contributed by atoms with Crippen molar-refractivity contribution in [3.05, 3.63) is 59.9 Å². The first-order chi connectivity index (χ1) is 10.1. The minimum absolute atomic E-state index is 0.0763. The Labute approximate surface area is 117 Å². The summed E-state index contributed by atoms with van der Waals surface area (Å²) in [6.45, 7) is 0. The van der Waals surface area contributed by atoms with Crippen LogP contribution in [0.1, 0.15) is 10.4 Å². The monoisotopic (exact) mass is 286 g/mol. The Bertz CT molecular complexity index is 851. The Balaban J connectivity index is 2.38. The van der Waals surface area contributed by atoms with Crippen molar-refractivity contribution in [2.45, 2.75) is 0 Å². The maximum absolute atomic E-state index is 13.9. The number of nitrogens with zero attached hydrogens (tertiary/aromatic N) is 2. The number of fused-ring (bicyclic) bond motifs is 1. The smallest absolute Gasteiger partial charge is 0.336 e. The predicted octanol–water partition coefficient (Wildman–Crippen LogP) is 3.27. The lowest BCUT2D eigenvalue weighted by molar-refractivity contribution is 0.0699. The molecule has 0 aliphatic heterocycles. The number of halogens is 2. The van der Waals surface area contributed by atoms with Gasteiger partial charge in [0, 0.05) is 29.4 Å². The van der Waals surface area contributed by atoms with Crippen LogP contribution in [0.5, 0.6) is 0 Å². The van der Waals surface area contributed by atoms with E-state index in [0.717, 1.165) is 6.07 Å². The molecule has 0 radical (unpaired) electrons. The van der Waals surface area contributed by atoms with Gasteiger partial charge in [0.15, 0.2) is 5.82 Å². The van der Waals surface area contributed by atoms with E-state index in [2.05, 4.69) is 9.97 Å². The van der Waals surface area contributed by atoms with E-state index >= 15 is 0 Å². The third kappa shape index (κ3) is 2.31. The molecule has 0 aliphatic carbocycles. The maximum atomic E-state index is 13.9. The zero-order valence-electron chi connectivity index (χ0n) is 10.5. The van der Waals surface area contributed by atoms with E-state index in [1.807, 2.05) is 0 Å². The van der Waals surface area contributed by atoms with Gasteiger partial charge in [0.2, 0.25) is 0 Å². The number of carboxylic acids is 1. The molecule has 0 spiro atoms.